The molecule has 0 saturated heterocycles. The number of hydrogen-bond acceptors (Lipinski definition) is 2. The van der Waals surface area contributed by atoms with Crippen molar-refractivity contribution in [3.63, 3.8) is 0 Å². The number of thiol groups is 1. The van der Waals surface area contributed by atoms with Crippen LogP contribution in [0.3, 0.4) is 0 Å². The predicted octanol–water partition coefficient (Wildman–Crippen LogP) is 1.64. The van der Waals surface area contributed by atoms with Gasteiger partial charge in [-0.05, 0) is 19.9 Å². The summed E-state index contributed by atoms with van der Waals surface area (Å²) >= 11 is 4.19. The number of hydrogen-bond donors (Lipinski definition) is 1. The van der Waals surface area contributed by atoms with Gasteiger partial charge < -0.3 is 0 Å². The van der Waals surface area contributed by atoms with Gasteiger partial charge in [0, 0.05) is 18.0 Å². The first-order chi connectivity index (χ1) is 4.77. The third-order valence-electron chi connectivity index (χ3n) is 1.45. The van der Waals surface area contributed by atoms with E-state index in [-0.39, 0.29) is 0 Å². The second-order valence-electron chi connectivity index (χ2n) is 2.25. The van der Waals surface area contributed by atoms with Crippen molar-refractivity contribution in [2.24, 2.45) is 0 Å². The van der Waals surface area contributed by atoms with Crippen molar-refractivity contribution >= 4 is 12.6 Å². The summed E-state index contributed by atoms with van der Waals surface area (Å²) in [6, 6.07) is 2.07. The average molecular weight is 156 g/mol. The van der Waals surface area contributed by atoms with E-state index in [1.54, 1.807) is 0 Å². The van der Waals surface area contributed by atoms with Gasteiger partial charge in [0.2, 0.25) is 0 Å². The Morgan fingerprint density at radius 1 is 1.70 bits per heavy atom. The molecule has 56 valence electrons. The van der Waals surface area contributed by atoms with E-state index in [9.17, 15) is 0 Å². The lowest BCUT2D eigenvalue weighted by molar-refractivity contribution is 0.632. The molecule has 0 aliphatic heterocycles. The number of rotatable bonds is 2. The SMILES string of the molecule is CCn1nc(C)cc1CS. The summed E-state index contributed by atoms with van der Waals surface area (Å²) in [5, 5.41) is 4.27. The summed E-state index contributed by atoms with van der Waals surface area (Å²) in [5.74, 6) is 0.772. The lowest BCUT2D eigenvalue weighted by Crippen LogP contribution is -2.00. The van der Waals surface area contributed by atoms with Gasteiger partial charge >= 0.3 is 0 Å². The lowest BCUT2D eigenvalue weighted by atomic mass is 10.4. The van der Waals surface area contributed by atoms with Crippen molar-refractivity contribution in [2.45, 2.75) is 26.1 Å². The van der Waals surface area contributed by atoms with Gasteiger partial charge in [-0.15, -0.1) is 0 Å². The van der Waals surface area contributed by atoms with Gasteiger partial charge in [0.05, 0.1) is 5.69 Å². The summed E-state index contributed by atoms with van der Waals surface area (Å²) in [7, 11) is 0. The molecule has 1 aromatic heterocycles. The molecular formula is C7H12N2S. The second-order valence-corrected chi connectivity index (χ2v) is 2.57. The third-order valence-corrected chi connectivity index (χ3v) is 1.77. The van der Waals surface area contributed by atoms with Gasteiger partial charge in [-0.3, -0.25) is 4.68 Å². The minimum atomic E-state index is 0.772. The van der Waals surface area contributed by atoms with Gasteiger partial charge in [0.15, 0.2) is 0 Å². The second kappa shape index (κ2) is 3.10. The van der Waals surface area contributed by atoms with Gasteiger partial charge in [-0.2, -0.15) is 17.7 Å². The highest BCUT2D eigenvalue weighted by atomic mass is 32.1. The van der Waals surface area contributed by atoms with E-state index >= 15 is 0 Å². The molecule has 3 heteroatoms. The number of aromatic nitrogens is 2. The van der Waals surface area contributed by atoms with Crippen LogP contribution in [0, 0.1) is 6.92 Å². The molecule has 0 amide bonds. The maximum Gasteiger partial charge on any atom is 0.0596 e. The highest BCUT2D eigenvalue weighted by Crippen LogP contribution is 2.05. The Morgan fingerprint density at radius 3 is 2.80 bits per heavy atom. The van der Waals surface area contributed by atoms with Crippen molar-refractivity contribution < 1.29 is 0 Å². The zero-order chi connectivity index (χ0) is 7.56. The summed E-state index contributed by atoms with van der Waals surface area (Å²) in [5.41, 5.74) is 2.27. The molecular weight excluding hydrogens is 144 g/mol. The Balaban J connectivity index is 2.96. The van der Waals surface area contributed by atoms with Crippen LogP contribution in [0.5, 0.6) is 0 Å². The maximum atomic E-state index is 4.27. The molecule has 10 heavy (non-hydrogen) atoms. The Bertz CT molecular complexity index is 196. The van der Waals surface area contributed by atoms with Gasteiger partial charge in [-0.1, -0.05) is 0 Å². The van der Waals surface area contributed by atoms with Crippen LogP contribution < -0.4 is 0 Å². The van der Waals surface area contributed by atoms with Crippen LogP contribution in [-0.4, -0.2) is 9.78 Å². The monoisotopic (exact) mass is 156 g/mol. The zero-order valence-corrected chi connectivity index (χ0v) is 7.23. The van der Waals surface area contributed by atoms with Crippen LogP contribution in [0.1, 0.15) is 18.3 Å². The fourth-order valence-corrected chi connectivity index (χ4v) is 1.25. The minimum absolute atomic E-state index is 0.772. The van der Waals surface area contributed by atoms with Gasteiger partial charge in [0.25, 0.3) is 0 Å². The fourth-order valence-electron chi connectivity index (χ4n) is 1.00. The van der Waals surface area contributed by atoms with Crippen molar-refractivity contribution in [3.8, 4) is 0 Å². The Labute approximate surface area is 66.7 Å². The maximum absolute atomic E-state index is 4.27. The molecule has 0 fully saturated rings. The summed E-state index contributed by atoms with van der Waals surface area (Å²) in [6.45, 7) is 5.02. The van der Waals surface area contributed by atoms with Crippen LogP contribution >= 0.6 is 12.6 Å². The highest BCUT2D eigenvalue weighted by molar-refractivity contribution is 7.79. The summed E-state index contributed by atoms with van der Waals surface area (Å²) in [4.78, 5) is 0. The van der Waals surface area contributed by atoms with Gasteiger partial charge in [0.1, 0.15) is 0 Å². The summed E-state index contributed by atoms with van der Waals surface area (Å²) < 4.78 is 1.97. The standard InChI is InChI=1S/C7H12N2S/c1-3-9-7(5-10)4-6(2)8-9/h4,10H,3,5H2,1-2H3. The largest absolute Gasteiger partial charge is 0.269 e. The molecule has 1 heterocycles. The van der Waals surface area contributed by atoms with Crippen molar-refractivity contribution in [1.29, 1.82) is 0 Å². The molecule has 0 aromatic carbocycles. The Morgan fingerprint density at radius 2 is 2.40 bits per heavy atom. The minimum Gasteiger partial charge on any atom is -0.269 e. The first-order valence-electron chi connectivity index (χ1n) is 3.42. The molecule has 0 N–H and O–H groups in total. The van der Waals surface area contributed by atoms with E-state index in [0.717, 1.165) is 18.0 Å². The normalized spacial score (nSPS) is 10.3. The van der Waals surface area contributed by atoms with Crippen LogP contribution in [0.25, 0.3) is 0 Å². The smallest absolute Gasteiger partial charge is 0.0596 e. The van der Waals surface area contributed by atoms with Crippen LogP contribution in [-0.2, 0) is 12.3 Å². The fraction of sp³-hybridized carbons (Fsp3) is 0.571. The molecule has 1 rings (SSSR count). The molecule has 1 aromatic rings. The molecule has 0 unspecified atom stereocenters. The molecule has 0 bridgehead atoms. The Hall–Kier alpha value is -0.440. The van der Waals surface area contributed by atoms with Crippen molar-refractivity contribution in [1.82, 2.24) is 9.78 Å². The lowest BCUT2D eigenvalue weighted by Gasteiger charge is -1.98. The van der Waals surface area contributed by atoms with Crippen LogP contribution in [0.4, 0.5) is 0 Å². The molecule has 0 spiro atoms. The molecule has 0 aliphatic rings. The van der Waals surface area contributed by atoms with E-state index < -0.39 is 0 Å². The third kappa shape index (κ3) is 1.34. The first kappa shape index (κ1) is 7.66. The van der Waals surface area contributed by atoms with Crippen LogP contribution in [0.15, 0.2) is 6.07 Å². The molecule has 0 aliphatic carbocycles. The highest BCUT2D eigenvalue weighted by Gasteiger charge is 1.99. The van der Waals surface area contributed by atoms with E-state index in [0.29, 0.717) is 0 Å². The van der Waals surface area contributed by atoms with E-state index in [2.05, 4.69) is 30.7 Å². The topological polar surface area (TPSA) is 17.8 Å². The number of nitrogens with zero attached hydrogens (tertiary/aromatic N) is 2. The molecule has 0 atom stereocenters. The Kier molecular flexibility index (Phi) is 2.38. The zero-order valence-electron chi connectivity index (χ0n) is 6.33. The first-order valence-corrected chi connectivity index (χ1v) is 4.05. The summed E-state index contributed by atoms with van der Waals surface area (Å²) in [6.07, 6.45) is 0. The predicted molar refractivity (Wildman–Crippen MR) is 45.3 cm³/mol. The van der Waals surface area contributed by atoms with E-state index in [1.807, 2.05) is 11.6 Å². The van der Waals surface area contributed by atoms with Gasteiger partial charge in [-0.25, -0.2) is 0 Å². The quantitative estimate of drug-likeness (QED) is 0.644. The van der Waals surface area contributed by atoms with Crippen LogP contribution in [0.2, 0.25) is 0 Å². The number of aryl methyl sites for hydroxylation is 2. The van der Waals surface area contributed by atoms with Crippen molar-refractivity contribution in [2.75, 3.05) is 0 Å². The molecule has 0 radical (unpaired) electrons. The van der Waals surface area contributed by atoms with Crippen molar-refractivity contribution in [3.05, 3.63) is 17.5 Å². The van der Waals surface area contributed by atoms with E-state index in [4.69, 9.17) is 0 Å². The molecule has 2 nitrogen and oxygen atoms in total. The van der Waals surface area contributed by atoms with E-state index in [1.165, 1.54) is 5.69 Å². The molecule has 0 saturated carbocycles. The average Bonchev–Trinajstić information content (AvgIpc) is 2.30.